The number of amides is 2. The number of aryl methyl sites for hydroxylation is 1. The van der Waals surface area contributed by atoms with Gasteiger partial charge in [0.15, 0.2) is 0 Å². The van der Waals surface area contributed by atoms with Crippen LogP contribution in [-0.4, -0.2) is 32.5 Å². The number of carbonyl (C=O) groups excluding carboxylic acids is 2. The van der Waals surface area contributed by atoms with Crippen molar-refractivity contribution in [3.05, 3.63) is 83.4 Å². The molecule has 5 rings (SSSR count). The van der Waals surface area contributed by atoms with Crippen molar-refractivity contribution in [3.8, 4) is 5.75 Å². The van der Waals surface area contributed by atoms with Gasteiger partial charge < -0.3 is 15.4 Å². The van der Waals surface area contributed by atoms with Crippen LogP contribution >= 0.6 is 0 Å². The van der Waals surface area contributed by atoms with Gasteiger partial charge in [-0.25, -0.2) is 18.3 Å². The second kappa shape index (κ2) is 8.54. The van der Waals surface area contributed by atoms with E-state index < -0.39 is 23.4 Å². The minimum absolute atomic E-state index is 0.0901. The Bertz CT molecular complexity index is 1410. The maximum Gasteiger partial charge on any atom is 0.274 e. The van der Waals surface area contributed by atoms with Crippen molar-refractivity contribution < 1.29 is 23.1 Å². The average Bonchev–Trinajstić information content (AvgIpc) is 3.53. The molecule has 4 aromatic rings. The third-order valence-electron chi connectivity index (χ3n) is 5.33. The first kappa shape index (κ1) is 21.5. The van der Waals surface area contributed by atoms with Gasteiger partial charge in [-0.05, 0) is 61.7 Å². The summed E-state index contributed by atoms with van der Waals surface area (Å²) in [6.07, 6.45) is 6.13. The molecule has 1 fully saturated rings. The number of aromatic nitrogens is 3. The largest absolute Gasteiger partial charge is 0.489 e. The number of rotatable bonds is 6. The number of halogens is 2. The van der Waals surface area contributed by atoms with E-state index in [2.05, 4.69) is 20.7 Å². The van der Waals surface area contributed by atoms with E-state index in [0.717, 1.165) is 19.0 Å². The van der Waals surface area contributed by atoms with Crippen molar-refractivity contribution in [2.24, 2.45) is 0 Å². The van der Waals surface area contributed by atoms with Crippen LogP contribution in [0.4, 0.5) is 20.2 Å². The number of nitrogens with one attached hydrogen (secondary N) is 2. The van der Waals surface area contributed by atoms with Gasteiger partial charge in [0.1, 0.15) is 23.1 Å². The molecule has 2 amide bonds. The van der Waals surface area contributed by atoms with E-state index in [9.17, 15) is 18.4 Å². The predicted molar refractivity (Wildman–Crippen MR) is 120 cm³/mol. The third kappa shape index (κ3) is 4.42. The van der Waals surface area contributed by atoms with Crippen molar-refractivity contribution in [3.63, 3.8) is 0 Å². The molecule has 3 heterocycles. The fraction of sp³-hybridized carbons (Fsp3) is 0.167. The van der Waals surface area contributed by atoms with Crippen LogP contribution in [0.15, 0.2) is 55.0 Å². The zero-order valence-electron chi connectivity index (χ0n) is 18.0. The molecule has 0 atom stereocenters. The molecule has 34 heavy (non-hydrogen) atoms. The van der Waals surface area contributed by atoms with E-state index in [0.29, 0.717) is 22.5 Å². The molecule has 8 nitrogen and oxygen atoms in total. The van der Waals surface area contributed by atoms with Crippen LogP contribution in [0.3, 0.4) is 0 Å². The van der Waals surface area contributed by atoms with E-state index in [-0.39, 0.29) is 23.0 Å². The van der Waals surface area contributed by atoms with Crippen molar-refractivity contribution in [1.29, 1.82) is 0 Å². The maximum absolute atomic E-state index is 14.6. The van der Waals surface area contributed by atoms with Crippen LogP contribution in [0.25, 0.3) is 5.52 Å². The number of carbonyl (C=O) groups is 2. The smallest absolute Gasteiger partial charge is 0.274 e. The lowest BCUT2D eigenvalue weighted by atomic mass is 10.1. The van der Waals surface area contributed by atoms with Gasteiger partial charge in [-0.3, -0.25) is 9.59 Å². The number of hydrogen-bond donors (Lipinski definition) is 2. The van der Waals surface area contributed by atoms with E-state index in [1.807, 2.05) is 0 Å². The molecular formula is C24H19F2N5O3. The zero-order chi connectivity index (χ0) is 23.8. The topological polar surface area (TPSA) is 97.6 Å². The highest BCUT2D eigenvalue weighted by Gasteiger charge is 2.24. The van der Waals surface area contributed by atoms with Crippen LogP contribution in [0, 0.1) is 18.6 Å². The SMILES string of the molecule is Cc1cc(F)c(NC(=O)c2ccc(OC3CC3)cn2)cc1NC(=O)c1cnn2cc(F)ccc12. The molecule has 172 valence electrons. The highest BCUT2D eigenvalue weighted by Crippen LogP contribution is 2.27. The minimum atomic E-state index is -0.663. The molecule has 1 saturated carbocycles. The van der Waals surface area contributed by atoms with Crippen molar-refractivity contribution in [2.75, 3.05) is 10.6 Å². The summed E-state index contributed by atoms with van der Waals surface area (Å²) in [6, 6.07) is 8.33. The van der Waals surface area contributed by atoms with Crippen LogP contribution in [-0.2, 0) is 0 Å². The molecule has 0 aliphatic heterocycles. The molecule has 0 spiro atoms. The number of hydrogen-bond acceptors (Lipinski definition) is 5. The molecule has 0 bridgehead atoms. The highest BCUT2D eigenvalue weighted by atomic mass is 19.1. The number of anilines is 2. The number of ether oxygens (including phenoxy) is 1. The van der Waals surface area contributed by atoms with Gasteiger partial charge in [-0.1, -0.05) is 0 Å². The Labute approximate surface area is 192 Å². The normalized spacial score (nSPS) is 13.0. The average molecular weight is 463 g/mol. The Hall–Kier alpha value is -4.34. The van der Waals surface area contributed by atoms with Gasteiger partial charge in [-0.2, -0.15) is 5.10 Å². The lowest BCUT2D eigenvalue weighted by molar-refractivity contribution is 0.101. The number of fused-ring (bicyclic) bond motifs is 1. The van der Waals surface area contributed by atoms with E-state index in [4.69, 9.17) is 4.74 Å². The summed E-state index contributed by atoms with van der Waals surface area (Å²) in [5.74, 6) is -1.70. The first-order valence-corrected chi connectivity index (χ1v) is 10.6. The Morgan fingerprint density at radius 1 is 1.03 bits per heavy atom. The molecule has 0 radical (unpaired) electrons. The lowest BCUT2D eigenvalue weighted by Crippen LogP contribution is -2.16. The second-order valence-corrected chi connectivity index (χ2v) is 7.99. The Morgan fingerprint density at radius 3 is 2.56 bits per heavy atom. The third-order valence-corrected chi connectivity index (χ3v) is 5.33. The number of benzene rings is 1. The highest BCUT2D eigenvalue weighted by molar-refractivity contribution is 6.09. The minimum Gasteiger partial charge on any atom is -0.489 e. The number of pyridine rings is 2. The first-order chi connectivity index (χ1) is 16.4. The summed E-state index contributed by atoms with van der Waals surface area (Å²) in [5.41, 5.74) is 1.34. The summed E-state index contributed by atoms with van der Waals surface area (Å²) in [4.78, 5) is 29.5. The molecule has 1 aliphatic carbocycles. The molecule has 10 heteroatoms. The van der Waals surface area contributed by atoms with Gasteiger partial charge in [0.2, 0.25) is 0 Å². The summed E-state index contributed by atoms with van der Waals surface area (Å²) in [7, 11) is 0. The summed E-state index contributed by atoms with van der Waals surface area (Å²) in [6.45, 7) is 1.62. The maximum atomic E-state index is 14.6. The monoisotopic (exact) mass is 463 g/mol. The standard InChI is InChI=1S/C24H19F2N5O3/c1-13-8-18(26)21(30-24(33)19-6-5-16(10-27-19)34-15-3-4-15)9-20(13)29-23(32)17-11-28-31-12-14(25)2-7-22(17)31/h2,5-12,15H,3-4H2,1H3,(H,29,32)(H,30,33). The predicted octanol–water partition coefficient (Wildman–Crippen LogP) is 4.36. The van der Waals surface area contributed by atoms with Crippen LogP contribution in [0.1, 0.15) is 39.3 Å². The van der Waals surface area contributed by atoms with Crippen LogP contribution in [0.5, 0.6) is 5.75 Å². The lowest BCUT2D eigenvalue weighted by Gasteiger charge is -2.13. The van der Waals surface area contributed by atoms with Crippen molar-refractivity contribution in [2.45, 2.75) is 25.9 Å². The van der Waals surface area contributed by atoms with Gasteiger partial charge in [0.05, 0.1) is 41.5 Å². The molecular weight excluding hydrogens is 444 g/mol. The Morgan fingerprint density at radius 2 is 1.82 bits per heavy atom. The van der Waals surface area contributed by atoms with Crippen molar-refractivity contribution >= 4 is 28.7 Å². The number of nitrogens with zero attached hydrogens (tertiary/aromatic N) is 3. The van der Waals surface area contributed by atoms with E-state index >= 15 is 0 Å². The van der Waals surface area contributed by atoms with Crippen LogP contribution < -0.4 is 15.4 Å². The first-order valence-electron chi connectivity index (χ1n) is 10.6. The molecule has 1 aliphatic rings. The Kier molecular flexibility index (Phi) is 5.40. The molecule has 3 aromatic heterocycles. The van der Waals surface area contributed by atoms with Gasteiger partial charge in [-0.15, -0.1) is 0 Å². The van der Waals surface area contributed by atoms with Crippen LogP contribution in [0.2, 0.25) is 0 Å². The fourth-order valence-electron chi connectivity index (χ4n) is 3.38. The molecule has 0 saturated heterocycles. The van der Waals surface area contributed by atoms with Gasteiger partial charge in [0, 0.05) is 5.69 Å². The van der Waals surface area contributed by atoms with E-state index in [1.165, 1.54) is 47.2 Å². The van der Waals surface area contributed by atoms with Gasteiger partial charge in [0.25, 0.3) is 11.8 Å². The summed E-state index contributed by atoms with van der Waals surface area (Å²) in [5, 5.41) is 9.16. The molecule has 0 unspecified atom stereocenters. The molecule has 2 N–H and O–H groups in total. The fourth-order valence-corrected chi connectivity index (χ4v) is 3.38. The van der Waals surface area contributed by atoms with Gasteiger partial charge >= 0.3 is 0 Å². The molecule has 1 aromatic carbocycles. The summed E-state index contributed by atoms with van der Waals surface area (Å²) >= 11 is 0. The van der Waals surface area contributed by atoms with E-state index in [1.54, 1.807) is 13.0 Å². The Balaban J connectivity index is 1.33. The summed E-state index contributed by atoms with van der Waals surface area (Å²) < 4.78 is 34.8. The second-order valence-electron chi connectivity index (χ2n) is 7.99. The van der Waals surface area contributed by atoms with Crippen molar-refractivity contribution in [1.82, 2.24) is 14.6 Å². The quantitative estimate of drug-likeness (QED) is 0.443. The zero-order valence-corrected chi connectivity index (χ0v) is 18.0.